The summed E-state index contributed by atoms with van der Waals surface area (Å²) in [5.41, 5.74) is 1.49. The summed E-state index contributed by atoms with van der Waals surface area (Å²) < 4.78 is 12.9. The second-order valence-corrected chi connectivity index (χ2v) is 5.04. The summed E-state index contributed by atoms with van der Waals surface area (Å²) in [4.78, 5) is 21.3. The van der Waals surface area contributed by atoms with Gasteiger partial charge >= 0.3 is 5.97 Å². The molecular formula is C15H14FN3O2. The van der Waals surface area contributed by atoms with E-state index in [1.807, 2.05) is 4.90 Å². The Balaban J connectivity index is 1.84. The van der Waals surface area contributed by atoms with Crippen molar-refractivity contribution in [2.75, 3.05) is 18.0 Å². The molecule has 2 aromatic rings. The molecule has 2 heterocycles. The summed E-state index contributed by atoms with van der Waals surface area (Å²) in [5.74, 6) is -0.718. The normalized spacial score (nSPS) is 18.0. The predicted octanol–water partition coefficient (Wildman–Crippen LogP) is 2.19. The molecule has 1 N–H and O–H groups in total. The number of benzene rings is 1. The number of nitrogens with zero attached hydrogens (tertiary/aromatic N) is 3. The summed E-state index contributed by atoms with van der Waals surface area (Å²) >= 11 is 0. The van der Waals surface area contributed by atoms with Crippen LogP contribution in [0.1, 0.15) is 6.42 Å². The van der Waals surface area contributed by atoms with Gasteiger partial charge in [-0.15, -0.1) is 0 Å². The number of aromatic nitrogens is 2. The number of carbonyl (C=O) groups is 1. The van der Waals surface area contributed by atoms with Crippen molar-refractivity contribution < 1.29 is 14.3 Å². The number of anilines is 1. The lowest BCUT2D eigenvalue weighted by molar-refractivity contribution is -0.140. The maximum Gasteiger partial charge on any atom is 0.308 e. The summed E-state index contributed by atoms with van der Waals surface area (Å²) in [7, 11) is 0. The fraction of sp³-hybridized carbons (Fsp3) is 0.267. The van der Waals surface area contributed by atoms with Gasteiger partial charge in [0.1, 0.15) is 18.0 Å². The van der Waals surface area contributed by atoms with E-state index in [4.69, 9.17) is 5.11 Å². The van der Waals surface area contributed by atoms with Crippen LogP contribution in [0.5, 0.6) is 0 Å². The average Bonchev–Trinajstić information content (AvgIpc) is 2.98. The molecule has 1 aliphatic heterocycles. The molecule has 0 spiro atoms. The number of hydrogen-bond acceptors (Lipinski definition) is 4. The van der Waals surface area contributed by atoms with Crippen molar-refractivity contribution in [2.24, 2.45) is 5.92 Å². The molecule has 1 fully saturated rings. The Morgan fingerprint density at radius 3 is 2.71 bits per heavy atom. The third-order valence-corrected chi connectivity index (χ3v) is 3.65. The Labute approximate surface area is 121 Å². The van der Waals surface area contributed by atoms with E-state index in [2.05, 4.69) is 9.97 Å². The third kappa shape index (κ3) is 2.84. The number of aliphatic carboxylic acids is 1. The van der Waals surface area contributed by atoms with E-state index in [0.717, 1.165) is 5.56 Å². The molecule has 6 heteroatoms. The molecule has 21 heavy (non-hydrogen) atoms. The van der Waals surface area contributed by atoms with E-state index < -0.39 is 5.97 Å². The maximum absolute atomic E-state index is 12.9. The number of halogens is 1. The fourth-order valence-electron chi connectivity index (χ4n) is 2.47. The van der Waals surface area contributed by atoms with E-state index in [0.29, 0.717) is 31.0 Å². The minimum atomic E-state index is -0.773. The Morgan fingerprint density at radius 2 is 2.05 bits per heavy atom. The second kappa shape index (κ2) is 5.47. The van der Waals surface area contributed by atoms with Crippen LogP contribution >= 0.6 is 0 Å². The third-order valence-electron chi connectivity index (χ3n) is 3.65. The Kier molecular flexibility index (Phi) is 3.51. The molecule has 3 rings (SSSR count). The van der Waals surface area contributed by atoms with Crippen LogP contribution < -0.4 is 4.90 Å². The van der Waals surface area contributed by atoms with Crippen LogP contribution in [0.2, 0.25) is 0 Å². The van der Waals surface area contributed by atoms with Crippen LogP contribution in [0.25, 0.3) is 11.3 Å². The van der Waals surface area contributed by atoms with Gasteiger partial charge < -0.3 is 10.0 Å². The van der Waals surface area contributed by atoms with Gasteiger partial charge in [-0.2, -0.15) is 0 Å². The summed E-state index contributed by atoms with van der Waals surface area (Å²) in [6.07, 6.45) is 2.06. The fourth-order valence-corrected chi connectivity index (χ4v) is 2.47. The van der Waals surface area contributed by atoms with Crippen LogP contribution in [-0.4, -0.2) is 34.1 Å². The standard InChI is InChI=1S/C15H14FN3O2/c16-12-3-1-10(2-4-12)13-7-14(18-9-17-13)19-6-5-11(8-19)15(20)21/h1-4,7,9,11H,5-6,8H2,(H,20,21)/t11-/m1/s1. The summed E-state index contributed by atoms with van der Waals surface area (Å²) in [5, 5.41) is 9.04. The first-order valence-electron chi connectivity index (χ1n) is 6.69. The van der Waals surface area contributed by atoms with E-state index in [-0.39, 0.29) is 11.7 Å². The van der Waals surface area contributed by atoms with Gasteiger partial charge in [0.05, 0.1) is 11.6 Å². The van der Waals surface area contributed by atoms with Crippen LogP contribution in [0.3, 0.4) is 0 Å². The zero-order chi connectivity index (χ0) is 14.8. The molecule has 1 aromatic heterocycles. The second-order valence-electron chi connectivity index (χ2n) is 5.04. The van der Waals surface area contributed by atoms with Crippen LogP contribution in [0.15, 0.2) is 36.7 Å². The van der Waals surface area contributed by atoms with Crippen molar-refractivity contribution in [1.82, 2.24) is 9.97 Å². The van der Waals surface area contributed by atoms with E-state index in [9.17, 15) is 9.18 Å². The van der Waals surface area contributed by atoms with Gasteiger partial charge in [-0.1, -0.05) is 0 Å². The Bertz CT molecular complexity index is 660. The van der Waals surface area contributed by atoms with Gasteiger partial charge in [0.2, 0.25) is 0 Å². The molecule has 5 nitrogen and oxygen atoms in total. The molecule has 0 bridgehead atoms. The Hall–Kier alpha value is -2.50. The highest BCUT2D eigenvalue weighted by molar-refractivity contribution is 5.72. The molecule has 1 saturated heterocycles. The minimum Gasteiger partial charge on any atom is -0.481 e. The molecule has 1 atom stereocenters. The highest BCUT2D eigenvalue weighted by Crippen LogP contribution is 2.25. The molecule has 0 aliphatic carbocycles. The molecule has 1 aromatic carbocycles. The lowest BCUT2D eigenvalue weighted by Gasteiger charge is -2.17. The largest absolute Gasteiger partial charge is 0.481 e. The van der Waals surface area contributed by atoms with Crippen molar-refractivity contribution in [2.45, 2.75) is 6.42 Å². The lowest BCUT2D eigenvalue weighted by Crippen LogP contribution is -2.23. The van der Waals surface area contributed by atoms with Crippen LogP contribution in [0.4, 0.5) is 10.2 Å². The van der Waals surface area contributed by atoms with Gasteiger partial charge in [-0.05, 0) is 30.7 Å². The van der Waals surface area contributed by atoms with Crippen LogP contribution in [0, 0.1) is 11.7 Å². The van der Waals surface area contributed by atoms with E-state index in [1.165, 1.54) is 18.5 Å². The maximum atomic E-state index is 12.9. The van der Waals surface area contributed by atoms with Gasteiger partial charge in [0.25, 0.3) is 0 Å². The van der Waals surface area contributed by atoms with Crippen molar-refractivity contribution >= 4 is 11.8 Å². The first-order valence-corrected chi connectivity index (χ1v) is 6.69. The topological polar surface area (TPSA) is 66.3 Å². The van der Waals surface area contributed by atoms with E-state index in [1.54, 1.807) is 18.2 Å². The molecule has 0 unspecified atom stereocenters. The quantitative estimate of drug-likeness (QED) is 0.937. The smallest absolute Gasteiger partial charge is 0.308 e. The van der Waals surface area contributed by atoms with Gasteiger partial charge in [-0.25, -0.2) is 14.4 Å². The van der Waals surface area contributed by atoms with Crippen LogP contribution in [-0.2, 0) is 4.79 Å². The van der Waals surface area contributed by atoms with Gasteiger partial charge in [-0.3, -0.25) is 4.79 Å². The number of carboxylic acids is 1. The first-order chi connectivity index (χ1) is 10.1. The monoisotopic (exact) mass is 287 g/mol. The minimum absolute atomic E-state index is 0.295. The number of hydrogen-bond donors (Lipinski definition) is 1. The zero-order valence-corrected chi connectivity index (χ0v) is 11.2. The predicted molar refractivity (Wildman–Crippen MR) is 75.4 cm³/mol. The molecule has 0 amide bonds. The molecule has 108 valence electrons. The van der Waals surface area contributed by atoms with Crippen molar-refractivity contribution in [3.05, 3.63) is 42.5 Å². The Morgan fingerprint density at radius 1 is 1.29 bits per heavy atom. The summed E-state index contributed by atoms with van der Waals surface area (Å²) in [6, 6.07) is 7.88. The lowest BCUT2D eigenvalue weighted by atomic mass is 10.1. The average molecular weight is 287 g/mol. The number of carboxylic acid groups (broad SMARTS) is 1. The summed E-state index contributed by atoms with van der Waals surface area (Å²) in [6.45, 7) is 1.12. The van der Waals surface area contributed by atoms with Gasteiger partial charge in [0.15, 0.2) is 0 Å². The van der Waals surface area contributed by atoms with E-state index >= 15 is 0 Å². The molecular weight excluding hydrogens is 273 g/mol. The highest BCUT2D eigenvalue weighted by Gasteiger charge is 2.28. The van der Waals surface area contributed by atoms with Crippen molar-refractivity contribution in [3.63, 3.8) is 0 Å². The first kappa shape index (κ1) is 13.5. The zero-order valence-electron chi connectivity index (χ0n) is 11.2. The highest BCUT2D eigenvalue weighted by atomic mass is 19.1. The SMILES string of the molecule is O=C(O)[C@@H]1CCN(c2cc(-c3ccc(F)cc3)ncn2)C1. The molecule has 0 radical (unpaired) electrons. The van der Waals surface area contributed by atoms with Crippen molar-refractivity contribution in [1.29, 1.82) is 0 Å². The number of rotatable bonds is 3. The van der Waals surface area contributed by atoms with Crippen molar-refractivity contribution in [3.8, 4) is 11.3 Å². The van der Waals surface area contributed by atoms with Gasteiger partial charge in [0, 0.05) is 24.7 Å². The molecule has 0 saturated carbocycles. The molecule has 1 aliphatic rings.